The Balaban J connectivity index is 0.00000480. The first-order chi connectivity index (χ1) is 14.3. The van der Waals surface area contributed by atoms with E-state index in [0.717, 1.165) is 10.6 Å². The molecule has 0 aliphatic rings. The topological polar surface area (TPSA) is 95.9 Å². The number of aryl methyl sites for hydroxylation is 1. The van der Waals surface area contributed by atoms with Crippen LogP contribution in [0, 0.1) is 6.92 Å². The summed E-state index contributed by atoms with van der Waals surface area (Å²) in [4.78, 5) is 35.2. The SMILES string of the molecule is CCOC(=O)c1sc(C(C)NC(=NCc2ccccc2)NCC(=O)N(C)C)nc1C.I. The molecule has 0 saturated heterocycles. The number of nitrogens with one attached hydrogen (secondary N) is 2. The van der Waals surface area contributed by atoms with Crippen molar-refractivity contribution < 1.29 is 14.3 Å². The maximum absolute atomic E-state index is 12.1. The fraction of sp³-hybridized carbons (Fsp3) is 0.429. The lowest BCUT2D eigenvalue weighted by Gasteiger charge is -2.18. The van der Waals surface area contributed by atoms with Gasteiger partial charge in [0.05, 0.1) is 31.4 Å². The maximum atomic E-state index is 12.1. The van der Waals surface area contributed by atoms with Crippen LogP contribution in [0.1, 0.15) is 45.8 Å². The van der Waals surface area contributed by atoms with Gasteiger partial charge in [0.15, 0.2) is 5.96 Å². The molecule has 0 spiro atoms. The van der Waals surface area contributed by atoms with Crippen molar-refractivity contribution in [2.75, 3.05) is 27.2 Å². The third-order valence-electron chi connectivity index (χ3n) is 4.17. The summed E-state index contributed by atoms with van der Waals surface area (Å²) in [6, 6.07) is 9.64. The molecule has 0 aliphatic heterocycles. The van der Waals surface area contributed by atoms with Gasteiger partial charge in [-0.25, -0.2) is 14.8 Å². The van der Waals surface area contributed by atoms with E-state index >= 15 is 0 Å². The van der Waals surface area contributed by atoms with E-state index in [2.05, 4.69) is 20.6 Å². The predicted molar refractivity (Wildman–Crippen MR) is 134 cm³/mol. The summed E-state index contributed by atoms with van der Waals surface area (Å²) in [7, 11) is 3.41. The van der Waals surface area contributed by atoms with E-state index in [0.29, 0.717) is 29.7 Å². The lowest BCUT2D eigenvalue weighted by molar-refractivity contribution is -0.127. The van der Waals surface area contributed by atoms with Gasteiger partial charge in [0.25, 0.3) is 0 Å². The van der Waals surface area contributed by atoms with E-state index in [1.54, 1.807) is 27.9 Å². The van der Waals surface area contributed by atoms with Crippen LogP contribution >= 0.6 is 35.3 Å². The number of rotatable bonds is 8. The van der Waals surface area contributed by atoms with E-state index < -0.39 is 0 Å². The highest BCUT2D eigenvalue weighted by atomic mass is 127. The molecule has 1 heterocycles. The second kappa shape index (κ2) is 13.3. The molecule has 170 valence electrons. The first-order valence-electron chi connectivity index (χ1n) is 9.75. The van der Waals surface area contributed by atoms with Crippen LogP contribution in [0.2, 0.25) is 0 Å². The Morgan fingerprint density at radius 3 is 2.55 bits per heavy atom. The summed E-state index contributed by atoms with van der Waals surface area (Å²) < 4.78 is 5.09. The fourth-order valence-corrected chi connectivity index (χ4v) is 3.44. The molecule has 2 rings (SSSR count). The summed E-state index contributed by atoms with van der Waals surface area (Å²) in [6.07, 6.45) is 0. The van der Waals surface area contributed by atoms with Crippen LogP contribution in [0.15, 0.2) is 35.3 Å². The normalized spacial score (nSPS) is 11.8. The van der Waals surface area contributed by atoms with Crippen molar-refractivity contribution in [2.45, 2.75) is 33.4 Å². The number of amides is 1. The van der Waals surface area contributed by atoms with Gasteiger partial charge in [-0.1, -0.05) is 30.3 Å². The van der Waals surface area contributed by atoms with Crippen LogP contribution in [-0.4, -0.2) is 55.0 Å². The monoisotopic (exact) mass is 559 g/mol. The van der Waals surface area contributed by atoms with E-state index in [1.807, 2.05) is 37.3 Å². The molecule has 0 saturated carbocycles. The standard InChI is InChI=1S/C21H29N5O3S.HI/c1-6-29-20(28)18-14(2)24-19(30-18)15(3)25-21(23-13-17(27)26(4)5)22-12-16-10-8-7-9-11-16;/h7-11,15H,6,12-13H2,1-5H3,(H2,22,23,25);1H. The zero-order valence-electron chi connectivity index (χ0n) is 18.5. The van der Waals surface area contributed by atoms with Crippen molar-refractivity contribution in [3.8, 4) is 0 Å². The van der Waals surface area contributed by atoms with E-state index in [1.165, 1.54) is 16.2 Å². The van der Waals surface area contributed by atoms with Gasteiger partial charge in [-0.15, -0.1) is 35.3 Å². The molecule has 1 aromatic heterocycles. The largest absolute Gasteiger partial charge is 0.462 e. The number of aliphatic imine (C=N–C) groups is 1. The number of carbonyl (C=O) groups is 2. The van der Waals surface area contributed by atoms with Gasteiger partial charge in [0.1, 0.15) is 9.88 Å². The van der Waals surface area contributed by atoms with Crippen molar-refractivity contribution in [1.82, 2.24) is 20.5 Å². The van der Waals surface area contributed by atoms with Crippen LogP contribution in [0.3, 0.4) is 0 Å². The number of esters is 1. The summed E-state index contributed by atoms with van der Waals surface area (Å²) in [5.41, 5.74) is 1.69. The number of carbonyl (C=O) groups excluding carboxylic acids is 2. The highest BCUT2D eigenvalue weighted by Crippen LogP contribution is 2.24. The van der Waals surface area contributed by atoms with Crippen molar-refractivity contribution in [2.24, 2.45) is 4.99 Å². The molecule has 1 atom stereocenters. The number of hydrogen-bond acceptors (Lipinski definition) is 6. The Bertz CT molecular complexity index is 886. The zero-order chi connectivity index (χ0) is 22.1. The number of likely N-dealkylation sites (N-methyl/N-ethyl adjacent to an activating group) is 1. The van der Waals surface area contributed by atoms with Crippen molar-refractivity contribution in [3.05, 3.63) is 51.5 Å². The lowest BCUT2D eigenvalue weighted by Crippen LogP contribution is -2.43. The quantitative estimate of drug-likeness (QED) is 0.224. The lowest BCUT2D eigenvalue weighted by atomic mass is 10.2. The fourth-order valence-electron chi connectivity index (χ4n) is 2.48. The maximum Gasteiger partial charge on any atom is 0.350 e. The van der Waals surface area contributed by atoms with Crippen LogP contribution in [0.5, 0.6) is 0 Å². The van der Waals surface area contributed by atoms with Gasteiger partial charge in [-0.3, -0.25) is 4.79 Å². The van der Waals surface area contributed by atoms with Crippen molar-refractivity contribution in [1.29, 1.82) is 0 Å². The smallest absolute Gasteiger partial charge is 0.350 e. The third-order valence-corrected chi connectivity index (χ3v) is 5.49. The molecule has 0 fully saturated rings. The minimum Gasteiger partial charge on any atom is -0.462 e. The molecule has 1 unspecified atom stereocenters. The number of hydrogen-bond donors (Lipinski definition) is 2. The van der Waals surface area contributed by atoms with E-state index in [-0.39, 0.29) is 48.4 Å². The second-order valence-corrected chi connectivity index (χ2v) is 7.88. The molecule has 8 nitrogen and oxygen atoms in total. The van der Waals surface area contributed by atoms with Crippen LogP contribution in [-0.2, 0) is 16.1 Å². The number of ether oxygens (including phenoxy) is 1. The number of thiazole rings is 1. The Morgan fingerprint density at radius 1 is 1.26 bits per heavy atom. The minimum absolute atomic E-state index is 0. The molecule has 0 radical (unpaired) electrons. The van der Waals surface area contributed by atoms with Crippen molar-refractivity contribution in [3.63, 3.8) is 0 Å². The molecule has 31 heavy (non-hydrogen) atoms. The van der Waals surface area contributed by atoms with Crippen LogP contribution in [0.4, 0.5) is 0 Å². The molecular formula is C21H30IN5O3S. The minimum atomic E-state index is -0.362. The molecule has 1 aromatic carbocycles. The Labute approximate surface area is 204 Å². The number of guanidine groups is 1. The Morgan fingerprint density at radius 2 is 1.94 bits per heavy atom. The molecular weight excluding hydrogens is 529 g/mol. The first-order valence-corrected chi connectivity index (χ1v) is 10.6. The Hall–Kier alpha value is -2.21. The number of nitrogens with zero attached hydrogens (tertiary/aromatic N) is 3. The van der Waals surface area contributed by atoms with E-state index in [4.69, 9.17) is 4.74 Å². The second-order valence-electron chi connectivity index (χ2n) is 6.85. The summed E-state index contributed by atoms with van der Waals surface area (Å²) in [5, 5.41) is 7.08. The van der Waals surface area contributed by atoms with Gasteiger partial charge in [-0.2, -0.15) is 0 Å². The number of benzene rings is 1. The third kappa shape index (κ3) is 8.44. The van der Waals surface area contributed by atoms with Gasteiger partial charge < -0.3 is 20.3 Å². The molecule has 0 aliphatic carbocycles. The predicted octanol–water partition coefficient (Wildman–Crippen LogP) is 3.13. The van der Waals surface area contributed by atoms with Crippen LogP contribution < -0.4 is 10.6 Å². The molecule has 2 aromatic rings. The molecule has 10 heteroatoms. The zero-order valence-corrected chi connectivity index (χ0v) is 21.6. The molecule has 1 amide bonds. The number of halogens is 1. The summed E-state index contributed by atoms with van der Waals surface area (Å²) in [6.45, 7) is 6.39. The average Bonchev–Trinajstić information content (AvgIpc) is 3.12. The summed E-state index contributed by atoms with van der Waals surface area (Å²) >= 11 is 1.30. The van der Waals surface area contributed by atoms with Gasteiger partial charge in [0, 0.05) is 14.1 Å². The highest BCUT2D eigenvalue weighted by Gasteiger charge is 2.20. The molecule has 0 bridgehead atoms. The first kappa shape index (κ1) is 26.8. The van der Waals surface area contributed by atoms with E-state index in [9.17, 15) is 9.59 Å². The van der Waals surface area contributed by atoms with Crippen molar-refractivity contribution >= 4 is 53.1 Å². The van der Waals surface area contributed by atoms with Gasteiger partial charge >= 0.3 is 5.97 Å². The van der Waals surface area contributed by atoms with Gasteiger partial charge in [-0.05, 0) is 26.3 Å². The summed E-state index contributed by atoms with van der Waals surface area (Å²) in [5.74, 6) is 0.0669. The average molecular weight is 559 g/mol. The van der Waals surface area contributed by atoms with Crippen LogP contribution in [0.25, 0.3) is 0 Å². The van der Waals surface area contributed by atoms with Gasteiger partial charge in [0.2, 0.25) is 5.91 Å². The Kier molecular flexibility index (Phi) is 11.5. The number of aromatic nitrogens is 1. The highest BCUT2D eigenvalue weighted by molar-refractivity contribution is 14.0. The molecule has 2 N–H and O–H groups in total.